The molecule has 0 bridgehead atoms. The molecular weight excluding hydrogens is 226 g/mol. The minimum atomic E-state index is -0.623. The van der Waals surface area contributed by atoms with Crippen molar-refractivity contribution in [1.29, 1.82) is 0 Å². The molecule has 1 saturated heterocycles. The summed E-state index contributed by atoms with van der Waals surface area (Å²) in [7, 11) is 0. The van der Waals surface area contributed by atoms with Gasteiger partial charge in [0.25, 0.3) is 0 Å². The molecule has 5 heteroatoms. The molecule has 0 amide bonds. The maximum absolute atomic E-state index is 13.8. The lowest BCUT2D eigenvalue weighted by Crippen LogP contribution is -2.52. The van der Waals surface area contributed by atoms with Crippen LogP contribution in [0, 0.1) is 11.6 Å². The summed E-state index contributed by atoms with van der Waals surface area (Å²) < 4.78 is 33.2. The molecule has 0 aromatic heterocycles. The van der Waals surface area contributed by atoms with Gasteiger partial charge in [0.1, 0.15) is 12.4 Å². The van der Waals surface area contributed by atoms with Crippen molar-refractivity contribution in [2.75, 3.05) is 17.4 Å². The zero-order valence-corrected chi connectivity index (χ0v) is 9.54. The average molecular weight is 240 g/mol. The first kappa shape index (κ1) is 10.8. The van der Waals surface area contributed by atoms with E-state index < -0.39 is 11.6 Å². The molecule has 3 rings (SSSR count). The van der Waals surface area contributed by atoms with Gasteiger partial charge in [-0.05, 0) is 31.9 Å². The molecule has 2 N–H and O–H groups in total. The Morgan fingerprint density at radius 2 is 2.06 bits per heavy atom. The van der Waals surface area contributed by atoms with Crippen molar-refractivity contribution >= 4 is 11.4 Å². The van der Waals surface area contributed by atoms with Crippen molar-refractivity contribution in [2.24, 2.45) is 0 Å². The summed E-state index contributed by atoms with van der Waals surface area (Å²) in [6.07, 6.45) is 1.84. The van der Waals surface area contributed by atoms with Crippen LogP contribution in [-0.4, -0.2) is 18.4 Å². The van der Waals surface area contributed by atoms with Gasteiger partial charge < -0.3 is 15.4 Å². The first-order valence-corrected chi connectivity index (χ1v) is 5.66. The molecule has 1 saturated carbocycles. The Hall–Kier alpha value is -1.36. The van der Waals surface area contributed by atoms with Crippen LogP contribution in [0.15, 0.2) is 12.1 Å². The van der Waals surface area contributed by atoms with Crippen LogP contribution in [0.2, 0.25) is 0 Å². The van der Waals surface area contributed by atoms with Crippen molar-refractivity contribution in [3.8, 4) is 0 Å². The SMILES string of the molecule is CC12CCC1N(c1c(F)cc(N)cc1F)CO2. The van der Waals surface area contributed by atoms with Crippen molar-refractivity contribution in [1.82, 2.24) is 0 Å². The van der Waals surface area contributed by atoms with Crippen LogP contribution in [0.25, 0.3) is 0 Å². The third kappa shape index (κ3) is 1.42. The molecule has 0 radical (unpaired) electrons. The number of fused-ring (bicyclic) bond motifs is 1. The van der Waals surface area contributed by atoms with E-state index in [0.717, 1.165) is 25.0 Å². The van der Waals surface area contributed by atoms with E-state index in [1.54, 1.807) is 4.90 Å². The quantitative estimate of drug-likeness (QED) is 0.765. The van der Waals surface area contributed by atoms with Gasteiger partial charge in [0, 0.05) is 5.69 Å². The predicted molar refractivity (Wildman–Crippen MR) is 60.6 cm³/mol. The molecule has 2 aliphatic rings. The number of anilines is 2. The second-order valence-corrected chi connectivity index (χ2v) is 4.94. The summed E-state index contributed by atoms with van der Waals surface area (Å²) in [5, 5.41) is 0. The Bertz CT molecular complexity index is 457. The van der Waals surface area contributed by atoms with Gasteiger partial charge in [0.15, 0.2) is 11.6 Å². The number of nitrogen functional groups attached to an aromatic ring is 1. The molecule has 0 spiro atoms. The lowest BCUT2D eigenvalue weighted by molar-refractivity contribution is -0.0386. The molecule has 1 heterocycles. The van der Waals surface area contributed by atoms with Gasteiger partial charge in [-0.25, -0.2) is 8.78 Å². The fourth-order valence-electron chi connectivity index (χ4n) is 2.72. The minimum absolute atomic E-state index is 0.0207. The summed E-state index contributed by atoms with van der Waals surface area (Å²) in [5.41, 5.74) is 5.23. The van der Waals surface area contributed by atoms with Crippen LogP contribution >= 0.6 is 0 Å². The van der Waals surface area contributed by atoms with Crippen LogP contribution in [0.5, 0.6) is 0 Å². The zero-order chi connectivity index (χ0) is 12.2. The topological polar surface area (TPSA) is 38.5 Å². The van der Waals surface area contributed by atoms with Crippen molar-refractivity contribution < 1.29 is 13.5 Å². The third-order valence-electron chi connectivity index (χ3n) is 3.86. The first-order chi connectivity index (χ1) is 8.01. The number of ether oxygens (including phenoxy) is 1. The number of hydrogen-bond acceptors (Lipinski definition) is 3. The van der Waals surface area contributed by atoms with E-state index in [1.807, 2.05) is 6.92 Å². The van der Waals surface area contributed by atoms with Gasteiger partial charge in [-0.2, -0.15) is 0 Å². The second-order valence-electron chi connectivity index (χ2n) is 4.94. The van der Waals surface area contributed by atoms with Crippen LogP contribution in [-0.2, 0) is 4.74 Å². The Morgan fingerprint density at radius 1 is 1.41 bits per heavy atom. The van der Waals surface area contributed by atoms with Crippen LogP contribution < -0.4 is 10.6 Å². The normalized spacial score (nSPS) is 31.2. The Balaban J connectivity index is 2.01. The lowest BCUT2D eigenvalue weighted by Gasteiger charge is -2.43. The van der Waals surface area contributed by atoms with Gasteiger partial charge >= 0.3 is 0 Å². The Labute approximate surface area is 98.2 Å². The fraction of sp³-hybridized carbons (Fsp3) is 0.500. The molecule has 17 heavy (non-hydrogen) atoms. The molecule has 1 aromatic carbocycles. The number of nitrogens with two attached hydrogens (primary N) is 1. The second kappa shape index (κ2) is 3.32. The van der Waals surface area contributed by atoms with E-state index in [1.165, 1.54) is 0 Å². The van der Waals surface area contributed by atoms with E-state index in [4.69, 9.17) is 10.5 Å². The molecular formula is C12H14F2N2O. The zero-order valence-electron chi connectivity index (χ0n) is 9.54. The van der Waals surface area contributed by atoms with E-state index in [0.29, 0.717) is 0 Å². The van der Waals surface area contributed by atoms with E-state index in [9.17, 15) is 8.78 Å². The Kier molecular flexibility index (Phi) is 2.10. The van der Waals surface area contributed by atoms with Gasteiger partial charge in [-0.1, -0.05) is 0 Å². The number of benzene rings is 1. The molecule has 1 aliphatic carbocycles. The summed E-state index contributed by atoms with van der Waals surface area (Å²) in [6.45, 7) is 2.22. The predicted octanol–water partition coefficient (Wildman–Crippen LogP) is 2.26. The molecule has 2 unspecified atom stereocenters. The standard InChI is InChI=1S/C12H14F2N2O/c1-12-3-2-10(12)16(6-17-12)11-8(13)4-7(15)5-9(11)14/h4-5,10H,2-3,6,15H2,1H3. The fourth-order valence-corrected chi connectivity index (χ4v) is 2.72. The van der Waals surface area contributed by atoms with Gasteiger partial charge in [0.05, 0.1) is 11.6 Å². The van der Waals surface area contributed by atoms with Crippen LogP contribution in [0.4, 0.5) is 20.2 Å². The monoisotopic (exact) mass is 240 g/mol. The molecule has 1 aliphatic heterocycles. The Morgan fingerprint density at radius 3 is 2.53 bits per heavy atom. The van der Waals surface area contributed by atoms with Crippen molar-refractivity contribution in [3.63, 3.8) is 0 Å². The highest BCUT2D eigenvalue weighted by Gasteiger charge is 2.53. The van der Waals surface area contributed by atoms with Gasteiger partial charge in [-0.15, -0.1) is 0 Å². The van der Waals surface area contributed by atoms with Crippen LogP contribution in [0.3, 0.4) is 0 Å². The van der Waals surface area contributed by atoms with E-state index in [-0.39, 0.29) is 29.7 Å². The highest BCUT2D eigenvalue weighted by molar-refractivity contribution is 5.57. The average Bonchev–Trinajstić information content (AvgIpc) is 2.41. The van der Waals surface area contributed by atoms with Crippen molar-refractivity contribution in [3.05, 3.63) is 23.8 Å². The number of nitrogens with zero attached hydrogens (tertiary/aromatic N) is 1. The molecule has 3 nitrogen and oxygen atoms in total. The maximum atomic E-state index is 13.8. The third-order valence-corrected chi connectivity index (χ3v) is 3.86. The molecule has 2 atom stereocenters. The molecule has 2 fully saturated rings. The smallest absolute Gasteiger partial charge is 0.151 e. The number of halogens is 2. The highest BCUT2D eigenvalue weighted by atomic mass is 19.1. The number of hydrogen-bond donors (Lipinski definition) is 1. The summed E-state index contributed by atoms with van der Waals surface area (Å²) in [6, 6.07) is 2.36. The molecule has 92 valence electrons. The first-order valence-electron chi connectivity index (χ1n) is 5.66. The highest BCUT2D eigenvalue weighted by Crippen LogP contribution is 2.46. The van der Waals surface area contributed by atoms with Gasteiger partial charge in [-0.3, -0.25) is 0 Å². The largest absolute Gasteiger partial charge is 0.399 e. The minimum Gasteiger partial charge on any atom is -0.399 e. The lowest BCUT2D eigenvalue weighted by atomic mass is 9.76. The maximum Gasteiger partial charge on any atom is 0.151 e. The van der Waals surface area contributed by atoms with Gasteiger partial charge in [0.2, 0.25) is 0 Å². The van der Waals surface area contributed by atoms with E-state index >= 15 is 0 Å². The summed E-state index contributed by atoms with van der Waals surface area (Å²) in [5.74, 6) is -1.25. The summed E-state index contributed by atoms with van der Waals surface area (Å²) in [4.78, 5) is 1.66. The number of rotatable bonds is 1. The summed E-state index contributed by atoms with van der Waals surface area (Å²) >= 11 is 0. The van der Waals surface area contributed by atoms with E-state index in [2.05, 4.69) is 0 Å². The van der Waals surface area contributed by atoms with Crippen molar-refractivity contribution in [2.45, 2.75) is 31.4 Å². The van der Waals surface area contributed by atoms with Crippen LogP contribution in [0.1, 0.15) is 19.8 Å². The molecule has 1 aromatic rings.